The van der Waals surface area contributed by atoms with E-state index in [0.29, 0.717) is 12.3 Å². The monoisotopic (exact) mass is 389 g/mol. The van der Waals surface area contributed by atoms with Crippen molar-refractivity contribution < 1.29 is 19.1 Å². The van der Waals surface area contributed by atoms with Crippen molar-refractivity contribution in [3.8, 4) is 0 Å². The van der Waals surface area contributed by atoms with Gasteiger partial charge in [0.25, 0.3) is 0 Å². The van der Waals surface area contributed by atoms with Crippen LogP contribution in [0.2, 0.25) is 0 Å². The number of ether oxygens (including phenoxy) is 2. The third kappa shape index (κ3) is 4.18. The van der Waals surface area contributed by atoms with Gasteiger partial charge in [0.2, 0.25) is 0 Å². The van der Waals surface area contributed by atoms with Gasteiger partial charge in [0.15, 0.2) is 0 Å². The highest BCUT2D eigenvalue weighted by Gasteiger charge is 2.41. The lowest BCUT2D eigenvalue weighted by Gasteiger charge is -2.41. The van der Waals surface area contributed by atoms with Crippen molar-refractivity contribution in [3.63, 3.8) is 0 Å². The fourth-order valence-electron chi connectivity index (χ4n) is 3.52. The van der Waals surface area contributed by atoms with Crippen molar-refractivity contribution in [2.45, 2.75) is 48.2 Å². The molecule has 1 fully saturated rings. The Morgan fingerprint density at radius 2 is 2.00 bits per heavy atom. The predicted octanol–water partition coefficient (Wildman–Crippen LogP) is 5.22. The molecule has 1 heterocycles. The molecule has 2 atom stereocenters. The van der Waals surface area contributed by atoms with E-state index in [2.05, 4.69) is 5.16 Å². The quantitative estimate of drug-likeness (QED) is 0.433. The van der Waals surface area contributed by atoms with Gasteiger partial charge >= 0.3 is 0 Å². The van der Waals surface area contributed by atoms with Crippen molar-refractivity contribution in [3.05, 3.63) is 59.4 Å². The molecule has 1 saturated heterocycles. The molecule has 3 rings (SSSR count). The van der Waals surface area contributed by atoms with Gasteiger partial charge in [-0.05, 0) is 68.1 Å². The Hall–Kier alpha value is -1.89. The highest BCUT2D eigenvalue weighted by molar-refractivity contribution is 7.99. The van der Waals surface area contributed by atoms with E-state index in [9.17, 15) is 4.39 Å². The molecule has 2 aromatic carbocycles. The minimum absolute atomic E-state index is 0.143. The van der Waals surface area contributed by atoms with Gasteiger partial charge in [-0.1, -0.05) is 29.1 Å². The molecule has 0 aromatic heterocycles. The van der Waals surface area contributed by atoms with Gasteiger partial charge in [0.1, 0.15) is 11.4 Å². The number of methoxy groups -OCH3 is 1. The van der Waals surface area contributed by atoms with Gasteiger partial charge in [-0.25, -0.2) is 4.39 Å². The van der Waals surface area contributed by atoms with Crippen LogP contribution in [0.1, 0.15) is 37.8 Å². The fourth-order valence-corrected chi connectivity index (χ4v) is 4.42. The first kappa shape index (κ1) is 19.9. The number of hydrogen-bond acceptors (Lipinski definition) is 5. The van der Waals surface area contributed by atoms with Crippen molar-refractivity contribution in [2.75, 3.05) is 13.7 Å². The van der Waals surface area contributed by atoms with Gasteiger partial charge in [0, 0.05) is 23.5 Å². The second-order valence-electron chi connectivity index (χ2n) is 6.70. The SMILES string of the molecule is COC1(c2cc(F)cc(Sc3ccc(/C(C)=N/O)cc3)c2)CCCOC1C. The highest BCUT2D eigenvalue weighted by Crippen LogP contribution is 2.41. The fraction of sp³-hybridized carbons (Fsp3) is 0.381. The summed E-state index contributed by atoms with van der Waals surface area (Å²) in [5.74, 6) is -0.288. The number of benzene rings is 2. The lowest BCUT2D eigenvalue weighted by atomic mass is 9.82. The first-order valence-corrected chi connectivity index (χ1v) is 9.75. The molecule has 1 N–H and O–H groups in total. The predicted molar refractivity (Wildman–Crippen MR) is 104 cm³/mol. The van der Waals surface area contributed by atoms with Crippen LogP contribution in [0.15, 0.2) is 57.4 Å². The number of rotatable bonds is 5. The number of hydrogen-bond donors (Lipinski definition) is 1. The molecule has 144 valence electrons. The second-order valence-corrected chi connectivity index (χ2v) is 7.84. The molecule has 0 radical (unpaired) electrons. The molecular formula is C21H24FNO3S. The maximum Gasteiger partial charge on any atom is 0.124 e. The Bertz CT molecular complexity index is 825. The van der Waals surface area contributed by atoms with Crippen molar-refractivity contribution >= 4 is 17.5 Å². The zero-order valence-corrected chi connectivity index (χ0v) is 16.6. The summed E-state index contributed by atoms with van der Waals surface area (Å²) in [5.41, 5.74) is 1.56. The van der Waals surface area contributed by atoms with Crippen LogP contribution in [0.4, 0.5) is 4.39 Å². The lowest BCUT2D eigenvalue weighted by Crippen LogP contribution is -2.45. The Labute approximate surface area is 163 Å². The number of halogens is 1. The molecule has 2 aromatic rings. The van der Waals surface area contributed by atoms with Gasteiger partial charge in [-0.3, -0.25) is 0 Å². The molecule has 4 nitrogen and oxygen atoms in total. The summed E-state index contributed by atoms with van der Waals surface area (Å²) in [6.07, 6.45) is 1.54. The topological polar surface area (TPSA) is 51.0 Å². The van der Waals surface area contributed by atoms with Gasteiger partial charge in [-0.15, -0.1) is 0 Å². The maximum atomic E-state index is 14.4. The van der Waals surface area contributed by atoms with Crippen LogP contribution in [0.3, 0.4) is 0 Å². The summed E-state index contributed by atoms with van der Waals surface area (Å²) < 4.78 is 26.0. The third-order valence-corrected chi connectivity index (χ3v) is 6.08. The first-order valence-electron chi connectivity index (χ1n) is 8.93. The van der Waals surface area contributed by atoms with Gasteiger partial charge in [-0.2, -0.15) is 0 Å². The Balaban J connectivity index is 1.89. The molecule has 0 aliphatic carbocycles. The van der Waals surface area contributed by atoms with E-state index in [1.807, 2.05) is 37.3 Å². The van der Waals surface area contributed by atoms with Crippen LogP contribution < -0.4 is 0 Å². The van der Waals surface area contributed by atoms with E-state index in [4.69, 9.17) is 14.7 Å². The summed E-state index contributed by atoms with van der Waals surface area (Å²) in [6, 6.07) is 12.7. The summed E-state index contributed by atoms with van der Waals surface area (Å²) >= 11 is 1.48. The van der Waals surface area contributed by atoms with Crippen LogP contribution in [0.5, 0.6) is 0 Å². The van der Waals surface area contributed by atoms with Crippen molar-refractivity contribution in [1.82, 2.24) is 0 Å². The van der Waals surface area contributed by atoms with E-state index >= 15 is 0 Å². The van der Waals surface area contributed by atoms with E-state index in [1.54, 1.807) is 20.1 Å². The zero-order valence-electron chi connectivity index (χ0n) is 15.7. The van der Waals surface area contributed by atoms with Crippen molar-refractivity contribution in [1.29, 1.82) is 0 Å². The van der Waals surface area contributed by atoms with Crippen LogP contribution >= 0.6 is 11.8 Å². The molecule has 27 heavy (non-hydrogen) atoms. The normalized spacial score (nSPS) is 23.4. The summed E-state index contributed by atoms with van der Waals surface area (Å²) in [6.45, 7) is 4.41. The Kier molecular flexibility index (Phi) is 6.19. The summed E-state index contributed by atoms with van der Waals surface area (Å²) in [5, 5.41) is 12.1. The molecule has 1 aliphatic rings. The van der Waals surface area contributed by atoms with Crippen LogP contribution in [-0.2, 0) is 15.1 Å². The number of nitrogens with zero attached hydrogens (tertiary/aromatic N) is 1. The molecule has 1 aliphatic heterocycles. The smallest absolute Gasteiger partial charge is 0.124 e. The number of oxime groups is 1. The van der Waals surface area contributed by atoms with Gasteiger partial charge < -0.3 is 14.7 Å². The Morgan fingerprint density at radius 3 is 2.63 bits per heavy atom. The average molecular weight is 389 g/mol. The van der Waals surface area contributed by atoms with E-state index in [-0.39, 0.29) is 11.9 Å². The van der Waals surface area contributed by atoms with Crippen LogP contribution in [0, 0.1) is 5.82 Å². The summed E-state index contributed by atoms with van der Waals surface area (Å²) in [7, 11) is 1.66. The standard InChI is InChI=1S/C21H24FNO3S/c1-14(23-24)16-5-7-19(8-6-16)27-20-12-17(11-18(22)13-20)21(25-3)9-4-10-26-15(21)2/h5-8,11-13,15,24H,4,9-10H2,1-3H3/b23-14+. The minimum Gasteiger partial charge on any atom is -0.411 e. The molecule has 0 saturated carbocycles. The van der Waals surface area contributed by atoms with Gasteiger partial charge in [0.05, 0.1) is 11.8 Å². The second kappa shape index (κ2) is 8.42. The Morgan fingerprint density at radius 1 is 1.26 bits per heavy atom. The molecule has 0 amide bonds. The lowest BCUT2D eigenvalue weighted by molar-refractivity contribution is -0.161. The molecular weight excluding hydrogens is 365 g/mol. The van der Waals surface area contributed by atoms with Crippen LogP contribution in [0.25, 0.3) is 0 Å². The van der Waals surface area contributed by atoms with E-state index in [0.717, 1.165) is 33.8 Å². The largest absolute Gasteiger partial charge is 0.411 e. The van der Waals surface area contributed by atoms with Crippen molar-refractivity contribution in [2.24, 2.45) is 5.16 Å². The molecule has 2 unspecified atom stereocenters. The third-order valence-electron chi connectivity index (χ3n) is 5.10. The highest BCUT2D eigenvalue weighted by atomic mass is 32.2. The summed E-state index contributed by atoms with van der Waals surface area (Å²) in [4.78, 5) is 1.78. The molecule has 0 spiro atoms. The van der Waals surface area contributed by atoms with E-state index in [1.165, 1.54) is 17.8 Å². The molecule has 6 heteroatoms. The average Bonchev–Trinajstić information content (AvgIpc) is 2.68. The molecule has 0 bridgehead atoms. The maximum absolute atomic E-state index is 14.4. The first-order chi connectivity index (χ1) is 13.0. The van der Waals surface area contributed by atoms with Crippen LogP contribution in [-0.4, -0.2) is 30.7 Å². The minimum atomic E-state index is -0.631. The zero-order chi connectivity index (χ0) is 19.4. The van der Waals surface area contributed by atoms with E-state index < -0.39 is 5.60 Å².